The fourth-order valence-corrected chi connectivity index (χ4v) is 2.05. The van der Waals surface area contributed by atoms with Crippen LogP contribution in [0.25, 0.3) is 0 Å². The Balaban J connectivity index is 2.36. The molecule has 21 heavy (non-hydrogen) atoms. The molecule has 1 aliphatic rings. The number of carbonyl (C=O) groups excluding carboxylic acids is 2. The highest BCUT2D eigenvalue weighted by molar-refractivity contribution is 5.97. The normalized spacial score (nSPS) is 22.2. The molecule has 1 amide bonds. The molecule has 0 spiro atoms. The van der Waals surface area contributed by atoms with Crippen molar-refractivity contribution in [3.63, 3.8) is 0 Å². The number of methoxy groups -OCH3 is 1. The Labute approximate surface area is 118 Å². The predicted octanol–water partition coefficient (Wildman–Crippen LogP) is 1.59. The zero-order valence-corrected chi connectivity index (χ0v) is 11.0. The van der Waals surface area contributed by atoms with E-state index in [4.69, 9.17) is 0 Å². The average molecular weight is 303 g/mol. The minimum atomic E-state index is -4.80. The van der Waals surface area contributed by atoms with Crippen LogP contribution in [0.2, 0.25) is 0 Å². The molecular formula is C13H12F3NO4. The molecule has 1 aliphatic heterocycles. The van der Waals surface area contributed by atoms with Gasteiger partial charge in [-0.3, -0.25) is 9.69 Å². The van der Waals surface area contributed by atoms with Crippen LogP contribution in [0.5, 0.6) is 0 Å². The first kappa shape index (κ1) is 15.3. The van der Waals surface area contributed by atoms with Crippen molar-refractivity contribution in [2.75, 3.05) is 13.7 Å². The van der Waals surface area contributed by atoms with Gasteiger partial charge in [0, 0.05) is 5.56 Å². The smallest absolute Gasteiger partial charge is 0.433 e. The highest BCUT2D eigenvalue weighted by atomic mass is 19.4. The lowest BCUT2D eigenvalue weighted by Crippen LogP contribution is -2.51. The van der Waals surface area contributed by atoms with Crippen molar-refractivity contribution >= 4 is 11.9 Å². The Morgan fingerprint density at radius 3 is 2.43 bits per heavy atom. The largest absolute Gasteiger partial charge is 0.467 e. The van der Waals surface area contributed by atoms with Gasteiger partial charge in [0.25, 0.3) is 5.91 Å². The molecule has 1 aromatic rings. The Morgan fingerprint density at radius 1 is 1.29 bits per heavy atom. The molecule has 1 heterocycles. The molecule has 2 rings (SSSR count). The Hall–Kier alpha value is -2.09. The molecule has 0 N–H and O–H groups in total. The Morgan fingerprint density at radius 2 is 1.90 bits per heavy atom. The number of alkyl halides is 3. The lowest BCUT2D eigenvalue weighted by molar-refractivity contribution is -0.233. The summed E-state index contributed by atoms with van der Waals surface area (Å²) in [6.45, 7) is -0.560. The first-order valence-electron chi connectivity index (χ1n) is 6.00. The maximum Gasteiger partial charge on any atom is 0.433 e. The third kappa shape index (κ3) is 2.99. The van der Waals surface area contributed by atoms with Crippen molar-refractivity contribution in [2.24, 2.45) is 0 Å². The first-order valence-corrected chi connectivity index (χ1v) is 6.00. The highest BCUT2D eigenvalue weighted by Crippen LogP contribution is 2.33. The predicted molar refractivity (Wildman–Crippen MR) is 64.2 cm³/mol. The van der Waals surface area contributed by atoms with Crippen molar-refractivity contribution in [3.8, 4) is 0 Å². The quantitative estimate of drug-likeness (QED) is 0.779. The SMILES string of the molecule is COC(=O)[C@@H]1CO[C@H](C(F)(F)F)N1C(=O)c1ccccc1. The van der Waals surface area contributed by atoms with Gasteiger partial charge in [-0.2, -0.15) is 13.2 Å². The van der Waals surface area contributed by atoms with Crippen LogP contribution in [-0.4, -0.2) is 48.9 Å². The van der Waals surface area contributed by atoms with E-state index in [1.807, 2.05) is 0 Å². The molecule has 1 fully saturated rings. The molecule has 5 nitrogen and oxygen atoms in total. The van der Waals surface area contributed by atoms with Gasteiger partial charge in [-0.25, -0.2) is 4.79 Å². The van der Waals surface area contributed by atoms with Gasteiger partial charge in [0.1, 0.15) is 0 Å². The average Bonchev–Trinajstić information content (AvgIpc) is 2.91. The second kappa shape index (κ2) is 5.72. The first-order chi connectivity index (χ1) is 9.86. The number of benzene rings is 1. The molecule has 1 saturated heterocycles. The summed E-state index contributed by atoms with van der Waals surface area (Å²) in [6, 6.07) is 5.95. The Bertz CT molecular complexity index is 532. The van der Waals surface area contributed by atoms with Crippen LogP contribution >= 0.6 is 0 Å². The summed E-state index contributed by atoms with van der Waals surface area (Å²) in [5.41, 5.74) is 0.0335. The van der Waals surface area contributed by atoms with E-state index in [2.05, 4.69) is 9.47 Å². The van der Waals surface area contributed by atoms with Gasteiger partial charge in [0.15, 0.2) is 6.04 Å². The van der Waals surface area contributed by atoms with Crippen LogP contribution < -0.4 is 0 Å². The monoisotopic (exact) mass is 303 g/mol. The van der Waals surface area contributed by atoms with E-state index >= 15 is 0 Å². The van der Waals surface area contributed by atoms with E-state index in [0.717, 1.165) is 7.11 Å². The van der Waals surface area contributed by atoms with Crippen molar-refractivity contribution < 1.29 is 32.2 Å². The number of rotatable bonds is 2. The third-order valence-electron chi connectivity index (χ3n) is 3.01. The van der Waals surface area contributed by atoms with Gasteiger partial charge in [0.05, 0.1) is 13.7 Å². The Kier molecular flexibility index (Phi) is 4.17. The standard InChI is InChI=1S/C13H12F3NO4/c1-20-11(19)9-7-21-12(13(14,15)16)17(9)10(18)8-5-3-2-4-6-8/h2-6,9,12H,7H2,1H3/t9-,12+/m0/s1. The molecule has 0 aromatic heterocycles. The maximum absolute atomic E-state index is 13.0. The van der Waals surface area contributed by atoms with Crippen LogP contribution in [0.15, 0.2) is 30.3 Å². The zero-order chi connectivity index (χ0) is 15.6. The van der Waals surface area contributed by atoms with Gasteiger partial charge >= 0.3 is 12.1 Å². The summed E-state index contributed by atoms with van der Waals surface area (Å²) in [5, 5.41) is 0. The fourth-order valence-electron chi connectivity index (χ4n) is 2.05. The summed E-state index contributed by atoms with van der Waals surface area (Å²) in [5.74, 6) is -1.89. The number of carbonyl (C=O) groups is 2. The lowest BCUT2D eigenvalue weighted by atomic mass is 10.1. The van der Waals surface area contributed by atoms with E-state index in [1.54, 1.807) is 6.07 Å². The molecule has 114 valence electrons. The number of esters is 1. The van der Waals surface area contributed by atoms with Crippen molar-refractivity contribution in [2.45, 2.75) is 18.4 Å². The summed E-state index contributed by atoms with van der Waals surface area (Å²) in [7, 11) is 1.04. The lowest BCUT2D eigenvalue weighted by Gasteiger charge is -2.28. The van der Waals surface area contributed by atoms with Gasteiger partial charge in [-0.15, -0.1) is 0 Å². The molecule has 1 aromatic carbocycles. The number of ether oxygens (including phenoxy) is 2. The van der Waals surface area contributed by atoms with Crippen LogP contribution in [0.3, 0.4) is 0 Å². The minimum Gasteiger partial charge on any atom is -0.467 e. The number of hydrogen-bond donors (Lipinski definition) is 0. The molecule has 2 atom stereocenters. The van der Waals surface area contributed by atoms with E-state index in [-0.39, 0.29) is 5.56 Å². The molecule has 8 heteroatoms. The van der Waals surface area contributed by atoms with Crippen LogP contribution in [-0.2, 0) is 14.3 Å². The van der Waals surface area contributed by atoms with Crippen molar-refractivity contribution in [3.05, 3.63) is 35.9 Å². The van der Waals surface area contributed by atoms with E-state index in [9.17, 15) is 22.8 Å². The van der Waals surface area contributed by atoms with E-state index in [0.29, 0.717) is 4.90 Å². The molecule has 0 saturated carbocycles. The topological polar surface area (TPSA) is 55.8 Å². The number of hydrogen-bond acceptors (Lipinski definition) is 4. The minimum absolute atomic E-state index is 0.0335. The fraction of sp³-hybridized carbons (Fsp3) is 0.385. The maximum atomic E-state index is 13.0. The van der Waals surface area contributed by atoms with Crippen molar-refractivity contribution in [1.29, 1.82) is 0 Å². The summed E-state index contributed by atoms with van der Waals surface area (Å²) in [6.07, 6.45) is -7.26. The summed E-state index contributed by atoms with van der Waals surface area (Å²) < 4.78 is 47.9. The van der Waals surface area contributed by atoms with Gasteiger partial charge in [-0.1, -0.05) is 18.2 Å². The molecule has 0 bridgehead atoms. The molecule has 0 aliphatic carbocycles. The zero-order valence-electron chi connectivity index (χ0n) is 11.0. The van der Waals surface area contributed by atoms with Crippen LogP contribution in [0, 0.1) is 0 Å². The second-order valence-electron chi connectivity index (χ2n) is 4.34. The van der Waals surface area contributed by atoms with E-state index < -0.39 is 36.9 Å². The third-order valence-corrected chi connectivity index (χ3v) is 3.01. The second-order valence-corrected chi connectivity index (χ2v) is 4.34. The van der Waals surface area contributed by atoms with Crippen LogP contribution in [0.4, 0.5) is 13.2 Å². The number of nitrogens with zero attached hydrogens (tertiary/aromatic N) is 1. The van der Waals surface area contributed by atoms with Gasteiger partial charge in [0.2, 0.25) is 6.23 Å². The summed E-state index contributed by atoms with van der Waals surface area (Å²) >= 11 is 0. The highest BCUT2D eigenvalue weighted by Gasteiger charge is 2.55. The number of halogens is 3. The summed E-state index contributed by atoms with van der Waals surface area (Å²) in [4.78, 5) is 24.2. The van der Waals surface area contributed by atoms with Gasteiger partial charge in [-0.05, 0) is 12.1 Å². The number of amides is 1. The van der Waals surface area contributed by atoms with Gasteiger partial charge < -0.3 is 9.47 Å². The molecule has 0 unspecified atom stereocenters. The van der Waals surface area contributed by atoms with E-state index in [1.165, 1.54) is 24.3 Å². The van der Waals surface area contributed by atoms with Crippen molar-refractivity contribution in [1.82, 2.24) is 4.90 Å². The van der Waals surface area contributed by atoms with Crippen LogP contribution in [0.1, 0.15) is 10.4 Å². The molecule has 0 radical (unpaired) electrons. The molecular weight excluding hydrogens is 291 g/mol.